The Bertz CT molecular complexity index is 623. The van der Waals surface area contributed by atoms with Crippen molar-refractivity contribution in [3.8, 4) is 17.0 Å². The van der Waals surface area contributed by atoms with E-state index in [-0.39, 0.29) is 5.60 Å². The Morgan fingerprint density at radius 3 is 2.79 bits per heavy atom. The Hall–Kier alpha value is -1.74. The molecular formula is C16H18N2O. The molecule has 2 aliphatic heterocycles. The summed E-state index contributed by atoms with van der Waals surface area (Å²) in [5.74, 6) is 1.03. The van der Waals surface area contributed by atoms with Crippen LogP contribution in [0.5, 0.6) is 5.75 Å². The topological polar surface area (TPSA) is 26.2 Å². The summed E-state index contributed by atoms with van der Waals surface area (Å²) in [6.07, 6.45) is 4.23. The Morgan fingerprint density at radius 1 is 1.16 bits per heavy atom. The molecule has 4 rings (SSSR count). The van der Waals surface area contributed by atoms with Crippen LogP contribution in [0, 0.1) is 0 Å². The first kappa shape index (κ1) is 11.1. The largest absolute Gasteiger partial charge is 0.482 e. The second-order valence-electron chi connectivity index (χ2n) is 5.53. The summed E-state index contributed by atoms with van der Waals surface area (Å²) in [5, 5.41) is 3.43. The lowest BCUT2D eigenvalue weighted by Crippen LogP contribution is -2.45. The van der Waals surface area contributed by atoms with E-state index in [9.17, 15) is 0 Å². The summed E-state index contributed by atoms with van der Waals surface area (Å²) in [5.41, 5.74) is 3.77. The molecule has 0 bridgehead atoms. The molecule has 98 valence electrons. The average Bonchev–Trinajstić information content (AvgIpc) is 2.84. The van der Waals surface area contributed by atoms with Gasteiger partial charge in [-0.15, -0.1) is 0 Å². The van der Waals surface area contributed by atoms with E-state index in [1.807, 2.05) is 0 Å². The van der Waals surface area contributed by atoms with E-state index in [1.165, 1.54) is 16.8 Å². The lowest BCUT2D eigenvalue weighted by molar-refractivity contribution is 0.0307. The van der Waals surface area contributed by atoms with Crippen molar-refractivity contribution >= 4 is 0 Å². The van der Waals surface area contributed by atoms with Crippen LogP contribution in [0.15, 0.2) is 36.5 Å². The molecule has 1 fully saturated rings. The van der Waals surface area contributed by atoms with Crippen molar-refractivity contribution in [2.75, 3.05) is 13.1 Å². The normalized spacial score (nSPS) is 19.6. The number of hydrogen-bond donors (Lipinski definition) is 1. The van der Waals surface area contributed by atoms with Crippen molar-refractivity contribution in [3.63, 3.8) is 0 Å². The van der Waals surface area contributed by atoms with Crippen LogP contribution in [0.1, 0.15) is 18.4 Å². The van der Waals surface area contributed by atoms with Gasteiger partial charge in [0.2, 0.25) is 0 Å². The molecule has 2 aromatic rings. The Balaban J connectivity index is 1.96. The summed E-state index contributed by atoms with van der Waals surface area (Å²) in [6, 6.07) is 10.6. The van der Waals surface area contributed by atoms with Crippen molar-refractivity contribution in [3.05, 3.63) is 42.1 Å². The molecule has 19 heavy (non-hydrogen) atoms. The first-order valence-electron chi connectivity index (χ1n) is 6.95. The second kappa shape index (κ2) is 3.87. The maximum absolute atomic E-state index is 6.45. The highest BCUT2D eigenvalue weighted by Gasteiger charge is 2.42. The number of aromatic nitrogens is 1. The SMILES string of the molecule is Cn1ccc2c1-c1ccccc1OC21CCNCC1. The molecular weight excluding hydrogens is 236 g/mol. The van der Waals surface area contributed by atoms with Gasteiger partial charge in [-0.05, 0) is 31.3 Å². The standard InChI is InChI=1S/C16H18N2O/c1-18-11-6-13-15(18)12-4-2-3-5-14(12)19-16(13)7-9-17-10-8-16/h2-6,11,17H,7-10H2,1H3. The van der Waals surface area contributed by atoms with Crippen LogP contribution in [0.2, 0.25) is 0 Å². The molecule has 0 radical (unpaired) electrons. The van der Waals surface area contributed by atoms with Gasteiger partial charge >= 0.3 is 0 Å². The molecule has 0 atom stereocenters. The van der Waals surface area contributed by atoms with E-state index in [1.54, 1.807) is 0 Å². The number of fused-ring (bicyclic) bond motifs is 4. The van der Waals surface area contributed by atoms with Crippen molar-refractivity contribution in [1.29, 1.82) is 0 Å². The smallest absolute Gasteiger partial charge is 0.138 e. The lowest BCUT2D eigenvalue weighted by atomic mass is 9.81. The third-order valence-electron chi connectivity index (χ3n) is 4.42. The number of nitrogens with one attached hydrogen (secondary N) is 1. The first-order chi connectivity index (χ1) is 9.30. The van der Waals surface area contributed by atoms with Crippen LogP contribution in [-0.4, -0.2) is 17.7 Å². The molecule has 3 nitrogen and oxygen atoms in total. The monoisotopic (exact) mass is 254 g/mol. The van der Waals surface area contributed by atoms with E-state index in [4.69, 9.17) is 4.74 Å². The molecule has 2 aliphatic rings. The van der Waals surface area contributed by atoms with Gasteiger partial charge in [-0.3, -0.25) is 0 Å². The number of nitrogens with zero attached hydrogens (tertiary/aromatic N) is 1. The van der Waals surface area contributed by atoms with Gasteiger partial charge in [0.05, 0.1) is 5.69 Å². The maximum Gasteiger partial charge on any atom is 0.138 e. The predicted molar refractivity (Wildman–Crippen MR) is 75.3 cm³/mol. The highest BCUT2D eigenvalue weighted by atomic mass is 16.5. The number of ether oxygens (including phenoxy) is 1. The molecule has 3 heteroatoms. The average molecular weight is 254 g/mol. The van der Waals surface area contributed by atoms with Gasteiger partial charge in [0.1, 0.15) is 11.4 Å². The van der Waals surface area contributed by atoms with Crippen molar-refractivity contribution in [2.24, 2.45) is 7.05 Å². The van der Waals surface area contributed by atoms with Gasteiger partial charge < -0.3 is 14.6 Å². The minimum atomic E-state index is -0.129. The highest BCUT2D eigenvalue weighted by Crippen LogP contribution is 2.48. The second-order valence-corrected chi connectivity index (χ2v) is 5.53. The Morgan fingerprint density at radius 2 is 1.95 bits per heavy atom. The number of para-hydroxylation sites is 1. The zero-order valence-electron chi connectivity index (χ0n) is 11.1. The van der Waals surface area contributed by atoms with Crippen LogP contribution >= 0.6 is 0 Å². The minimum Gasteiger partial charge on any atom is -0.482 e. The molecule has 0 amide bonds. The number of rotatable bonds is 0. The first-order valence-corrected chi connectivity index (χ1v) is 6.95. The quantitative estimate of drug-likeness (QED) is 0.782. The van der Waals surface area contributed by atoms with E-state index in [0.29, 0.717) is 0 Å². The number of hydrogen-bond acceptors (Lipinski definition) is 2. The molecule has 0 aliphatic carbocycles. The number of piperidine rings is 1. The van der Waals surface area contributed by atoms with Gasteiger partial charge in [0, 0.05) is 37.2 Å². The Kier molecular flexibility index (Phi) is 2.27. The van der Waals surface area contributed by atoms with E-state index < -0.39 is 0 Å². The summed E-state index contributed by atoms with van der Waals surface area (Å²) < 4.78 is 8.67. The third-order valence-corrected chi connectivity index (χ3v) is 4.42. The molecule has 1 aromatic heterocycles. The van der Waals surface area contributed by atoms with Crippen LogP contribution in [-0.2, 0) is 12.6 Å². The molecule has 3 heterocycles. The fraction of sp³-hybridized carbons (Fsp3) is 0.375. The highest BCUT2D eigenvalue weighted by molar-refractivity contribution is 5.74. The summed E-state index contributed by atoms with van der Waals surface area (Å²) in [6.45, 7) is 2.05. The Labute approximate surface area is 113 Å². The fourth-order valence-corrected chi connectivity index (χ4v) is 3.45. The maximum atomic E-state index is 6.45. The summed E-state index contributed by atoms with van der Waals surface area (Å²) in [4.78, 5) is 0. The molecule has 0 saturated carbocycles. The minimum absolute atomic E-state index is 0.129. The number of aryl methyl sites for hydroxylation is 1. The molecule has 1 N–H and O–H groups in total. The van der Waals surface area contributed by atoms with Crippen LogP contribution in [0.4, 0.5) is 0 Å². The van der Waals surface area contributed by atoms with Crippen LogP contribution in [0.25, 0.3) is 11.3 Å². The predicted octanol–water partition coefficient (Wildman–Crippen LogP) is 2.66. The molecule has 1 spiro atoms. The van der Waals surface area contributed by atoms with Gasteiger partial charge in [0.25, 0.3) is 0 Å². The fourth-order valence-electron chi connectivity index (χ4n) is 3.45. The molecule has 0 unspecified atom stereocenters. The summed E-state index contributed by atoms with van der Waals surface area (Å²) in [7, 11) is 2.12. The van der Waals surface area contributed by atoms with Gasteiger partial charge in [-0.25, -0.2) is 0 Å². The van der Waals surface area contributed by atoms with Gasteiger partial charge in [-0.2, -0.15) is 0 Å². The van der Waals surface area contributed by atoms with Gasteiger partial charge in [-0.1, -0.05) is 12.1 Å². The van der Waals surface area contributed by atoms with E-state index >= 15 is 0 Å². The lowest BCUT2D eigenvalue weighted by Gasteiger charge is -2.42. The van der Waals surface area contributed by atoms with Crippen molar-refractivity contribution < 1.29 is 4.74 Å². The zero-order chi connectivity index (χ0) is 12.9. The molecule has 1 saturated heterocycles. The summed E-state index contributed by atoms with van der Waals surface area (Å²) >= 11 is 0. The third kappa shape index (κ3) is 1.48. The number of benzene rings is 1. The van der Waals surface area contributed by atoms with Crippen molar-refractivity contribution in [1.82, 2.24) is 9.88 Å². The van der Waals surface area contributed by atoms with Crippen molar-refractivity contribution in [2.45, 2.75) is 18.4 Å². The van der Waals surface area contributed by atoms with Gasteiger partial charge in [0.15, 0.2) is 0 Å². The van der Waals surface area contributed by atoms with E-state index in [2.05, 4.69) is 53.5 Å². The molecule has 1 aromatic carbocycles. The van der Waals surface area contributed by atoms with Crippen LogP contribution in [0.3, 0.4) is 0 Å². The zero-order valence-corrected chi connectivity index (χ0v) is 11.1. The van der Waals surface area contributed by atoms with E-state index in [0.717, 1.165) is 31.7 Å². The van der Waals surface area contributed by atoms with Crippen LogP contribution < -0.4 is 10.1 Å².